The number of hydrogen-bond acceptors (Lipinski definition) is 7. The number of benzene rings is 1. The number of rotatable bonds is 9. The van der Waals surface area contributed by atoms with Gasteiger partial charge in [0.25, 0.3) is 0 Å². The van der Waals surface area contributed by atoms with Crippen molar-refractivity contribution < 1.29 is 19.1 Å². The summed E-state index contributed by atoms with van der Waals surface area (Å²) in [7, 11) is 0. The van der Waals surface area contributed by atoms with Crippen molar-refractivity contribution in [2.75, 3.05) is 26.4 Å². The second kappa shape index (κ2) is 10.3. The van der Waals surface area contributed by atoms with Crippen molar-refractivity contribution in [3.05, 3.63) is 65.6 Å². The third kappa shape index (κ3) is 5.95. The molecule has 2 aromatic heterocycles. The Labute approximate surface area is 181 Å². The zero-order valence-electron chi connectivity index (χ0n) is 17.5. The Bertz CT molecular complexity index is 1030. The first-order valence-corrected chi connectivity index (χ1v) is 10.4. The molecule has 1 aromatic carbocycles. The van der Waals surface area contributed by atoms with Crippen molar-refractivity contribution in [3.63, 3.8) is 0 Å². The number of nitrogens with one attached hydrogen (secondary N) is 1. The van der Waals surface area contributed by atoms with Gasteiger partial charge in [-0.25, -0.2) is 4.98 Å². The van der Waals surface area contributed by atoms with Crippen LogP contribution in [0, 0.1) is 11.8 Å². The largest absolute Gasteiger partial charge is 0.491 e. The molecule has 3 aromatic rings. The van der Waals surface area contributed by atoms with Crippen LogP contribution < -0.4 is 10.1 Å². The van der Waals surface area contributed by atoms with Crippen molar-refractivity contribution >= 4 is 0 Å². The van der Waals surface area contributed by atoms with Gasteiger partial charge in [-0.2, -0.15) is 0 Å². The quantitative estimate of drug-likeness (QED) is 0.506. The monoisotopic (exact) mass is 422 g/mol. The summed E-state index contributed by atoms with van der Waals surface area (Å²) < 4.78 is 18.1. The standard InChI is InChI=1S/C23H26N4O4/c1-2-23-24-9-10-27(23)13-18-11-22(31-26-18)8-5-17-3-6-21(7-4-17)30-16-20(28)12-25-19-14-29-15-19/h3-4,6-7,9-11,19-20,25,28H,2,12-16H2,1H3. The summed E-state index contributed by atoms with van der Waals surface area (Å²) in [6, 6.07) is 9.59. The lowest BCUT2D eigenvalue weighted by Crippen LogP contribution is -2.49. The third-order valence-corrected chi connectivity index (χ3v) is 4.92. The number of imidazole rings is 1. The smallest absolute Gasteiger partial charge is 0.210 e. The van der Waals surface area contributed by atoms with Crippen LogP contribution in [0.4, 0.5) is 0 Å². The highest BCUT2D eigenvalue weighted by Crippen LogP contribution is 2.13. The Hall–Kier alpha value is -3.12. The highest BCUT2D eigenvalue weighted by Gasteiger charge is 2.18. The van der Waals surface area contributed by atoms with Crippen molar-refractivity contribution in [3.8, 4) is 17.6 Å². The van der Waals surface area contributed by atoms with Gasteiger partial charge in [-0.05, 0) is 30.2 Å². The zero-order valence-corrected chi connectivity index (χ0v) is 17.5. The number of aliphatic hydroxyl groups is 1. The summed E-state index contributed by atoms with van der Waals surface area (Å²) in [5, 5.41) is 17.3. The summed E-state index contributed by atoms with van der Waals surface area (Å²) in [5.41, 5.74) is 1.64. The van der Waals surface area contributed by atoms with E-state index in [1.165, 1.54) is 0 Å². The van der Waals surface area contributed by atoms with E-state index in [-0.39, 0.29) is 6.61 Å². The lowest BCUT2D eigenvalue weighted by atomic mass is 10.2. The number of aromatic nitrogens is 3. The van der Waals surface area contributed by atoms with Crippen LogP contribution in [0.25, 0.3) is 0 Å². The molecule has 1 aliphatic rings. The van der Waals surface area contributed by atoms with Gasteiger partial charge in [-0.3, -0.25) is 0 Å². The molecule has 0 radical (unpaired) electrons. The van der Waals surface area contributed by atoms with Crippen LogP contribution in [0.2, 0.25) is 0 Å². The summed E-state index contributed by atoms with van der Waals surface area (Å²) in [6.07, 6.45) is 4.01. The number of aliphatic hydroxyl groups excluding tert-OH is 1. The maximum Gasteiger partial charge on any atom is 0.210 e. The summed E-state index contributed by atoms with van der Waals surface area (Å²) in [6.45, 7) is 4.79. The van der Waals surface area contributed by atoms with Crippen molar-refractivity contribution in [1.29, 1.82) is 0 Å². The summed E-state index contributed by atoms with van der Waals surface area (Å²) in [5.74, 6) is 8.27. The van der Waals surface area contributed by atoms with E-state index >= 15 is 0 Å². The fourth-order valence-electron chi connectivity index (χ4n) is 3.09. The molecule has 8 heteroatoms. The molecule has 3 heterocycles. The van der Waals surface area contributed by atoms with E-state index in [2.05, 4.69) is 34.2 Å². The molecular formula is C23H26N4O4. The fourth-order valence-corrected chi connectivity index (χ4v) is 3.09. The highest BCUT2D eigenvalue weighted by atomic mass is 16.5. The number of ether oxygens (including phenoxy) is 2. The summed E-state index contributed by atoms with van der Waals surface area (Å²) in [4.78, 5) is 4.31. The van der Waals surface area contributed by atoms with Crippen LogP contribution in [0.3, 0.4) is 0 Å². The first-order valence-electron chi connectivity index (χ1n) is 10.4. The van der Waals surface area contributed by atoms with Crippen LogP contribution in [-0.2, 0) is 17.7 Å². The minimum atomic E-state index is -0.573. The molecule has 1 saturated heterocycles. The Morgan fingerprint density at radius 3 is 2.87 bits per heavy atom. The van der Waals surface area contributed by atoms with Crippen LogP contribution in [0.1, 0.15) is 29.8 Å². The third-order valence-electron chi connectivity index (χ3n) is 4.92. The molecular weight excluding hydrogens is 396 g/mol. The van der Waals surface area contributed by atoms with Crippen LogP contribution in [0.5, 0.6) is 5.75 Å². The van der Waals surface area contributed by atoms with Crippen molar-refractivity contribution in [1.82, 2.24) is 20.0 Å². The van der Waals surface area contributed by atoms with Crippen molar-refractivity contribution in [2.45, 2.75) is 32.0 Å². The van der Waals surface area contributed by atoms with Crippen LogP contribution >= 0.6 is 0 Å². The predicted octanol–water partition coefficient (Wildman–Crippen LogP) is 1.61. The predicted molar refractivity (Wildman–Crippen MR) is 114 cm³/mol. The van der Waals surface area contributed by atoms with Gasteiger partial charge in [0.1, 0.15) is 30.0 Å². The first-order chi connectivity index (χ1) is 15.2. The van der Waals surface area contributed by atoms with Gasteiger partial charge >= 0.3 is 0 Å². The van der Waals surface area contributed by atoms with E-state index in [9.17, 15) is 5.11 Å². The van der Waals surface area contributed by atoms with Crippen LogP contribution in [-0.4, -0.2) is 58.3 Å². The molecule has 1 unspecified atom stereocenters. The molecule has 0 saturated carbocycles. The van der Waals surface area contributed by atoms with E-state index in [4.69, 9.17) is 14.0 Å². The SMILES string of the molecule is CCc1nccn1Cc1cc(C#Cc2ccc(OCC(O)CNC3COC3)cc2)on1. The summed E-state index contributed by atoms with van der Waals surface area (Å²) >= 11 is 0. The van der Waals surface area contributed by atoms with E-state index in [0.717, 1.165) is 23.5 Å². The Morgan fingerprint density at radius 1 is 1.29 bits per heavy atom. The maximum atomic E-state index is 9.98. The lowest BCUT2D eigenvalue weighted by molar-refractivity contribution is -0.0118. The Kier molecular flexibility index (Phi) is 6.99. The van der Waals surface area contributed by atoms with Gasteiger partial charge in [0.2, 0.25) is 5.76 Å². The molecule has 0 aliphatic carbocycles. The zero-order chi connectivity index (χ0) is 21.5. The second-order valence-corrected chi connectivity index (χ2v) is 7.39. The Morgan fingerprint density at radius 2 is 2.13 bits per heavy atom. The van der Waals surface area contributed by atoms with Gasteiger partial charge in [0.05, 0.1) is 25.8 Å². The van der Waals surface area contributed by atoms with Gasteiger partial charge in [0.15, 0.2) is 0 Å². The Balaban J connectivity index is 1.26. The molecule has 4 rings (SSSR count). The molecule has 162 valence electrons. The van der Waals surface area contributed by atoms with Crippen LogP contribution in [0.15, 0.2) is 47.2 Å². The van der Waals surface area contributed by atoms with Gasteiger partial charge in [-0.15, -0.1) is 0 Å². The average molecular weight is 422 g/mol. The van der Waals surface area contributed by atoms with E-state index in [1.807, 2.05) is 41.1 Å². The first kappa shape index (κ1) is 21.1. The molecule has 1 aliphatic heterocycles. The number of nitrogens with zero attached hydrogens (tertiary/aromatic N) is 3. The molecule has 1 atom stereocenters. The minimum absolute atomic E-state index is 0.225. The maximum absolute atomic E-state index is 9.98. The molecule has 2 N–H and O–H groups in total. The van der Waals surface area contributed by atoms with E-state index in [0.29, 0.717) is 43.9 Å². The molecule has 8 nitrogen and oxygen atoms in total. The normalized spacial score (nSPS) is 14.5. The molecule has 0 bridgehead atoms. The van der Waals surface area contributed by atoms with Crippen molar-refractivity contribution in [2.24, 2.45) is 0 Å². The average Bonchev–Trinajstić information content (AvgIpc) is 3.39. The second-order valence-electron chi connectivity index (χ2n) is 7.39. The molecule has 0 spiro atoms. The van der Waals surface area contributed by atoms with E-state index in [1.54, 1.807) is 6.20 Å². The van der Waals surface area contributed by atoms with E-state index < -0.39 is 6.10 Å². The topological polar surface area (TPSA) is 94.6 Å². The fraction of sp³-hybridized carbons (Fsp3) is 0.391. The number of aryl methyl sites for hydroxylation is 1. The number of hydrogen-bond donors (Lipinski definition) is 2. The molecule has 31 heavy (non-hydrogen) atoms. The molecule has 1 fully saturated rings. The lowest BCUT2D eigenvalue weighted by Gasteiger charge is -2.28. The highest BCUT2D eigenvalue weighted by molar-refractivity contribution is 5.41. The minimum Gasteiger partial charge on any atom is -0.491 e. The molecule has 0 amide bonds. The van der Waals surface area contributed by atoms with Gasteiger partial charge in [-0.1, -0.05) is 18.0 Å². The van der Waals surface area contributed by atoms with Gasteiger partial charge in [0, 0.05) is 37.0 Å². The van der Waals surface area contributed by atoms with Gasteiger partial charge < -0.3 is 29.0 Å².